The number of methoxy groups -OCH3 is 2. The number of hydrogen-bond donors (Lipinski definition) is 0. The minimum atomic E-state index is -5.53. The van der Waals surface area contributed by atoms with Gasteiger partial charge < -0.3 is 9.47 Å². The molecule has 0 amide bonds. The molecule has 0 N–H and O–H groups in total. The van der Waals surface area contributed by atoms with Crippen LogP contribution < -0.4 is 9.47 Å². The lowest BCUT2D eigenvalue weighted by molar-refractivity contribution is -0.284. The Bertz CT molecular complexity index is 472. The Kier molecular flexibility index (Phi) is 5.25. The highest BCUT2D eigenvalue weighted by Crippen LogP contribution is 2.51. The Balaban J connectivity index is 3.30. The van der Waals surface area contributed by atoms with Crippen molar-refractivity contribution in [2.75, 3.05) is 14.2 Å². The van der Waals surface area contributed by atoms with E-state index >= 15 is 0 Å². The van der Waals surface area contributed by atoms with Gasteiger partial charge in [0.25, 0.3) is 0 Å². The van der Waals surface area contributed by atoms with Crippen LogP contribution in [0.25, 0.3) is 0 Å². The molecule has 9 heteroatoms. The Morgan fingerprint density at radius 3 is 1.86 bits per heavy atom. The van der Waals surface area contributed by atoms with Crippen LogP contribution in [-0.2, 0) is 0 Å². The van der Waals surface area contributed by atoms with Crippen LogP contribution >= 0.6 is 11.6 Å². The first-order valence-corrected chi connectivity index (χ1v) is 5.95. The zero-order valence-electron chi connectivity index (χ0n) is 10.8. The highest BCUT2D eigenvalue weighted by molar-refractivity contribution is 6.21. The Labute approximate surface area is 121 Å². The first kappa shape index (κ1) is 17.7. The highest BCUT2D eigenvalue weighted by Gasteiger charge is 2.60. The molecule has 0 aliphatic carbocycles. The van der Waals surface area contributed by atoms with Gasteiger partial charge in [-0.15, -0.1) is 11.6 Å². The summed E-state index contributed by atoms with van der Waals surface area (Å²) in [5.41, 5.74) is -0.417. The molecule has 21 heavy (non-hydrogen) atoms. The van der Waals surface area contributed by atoms with Gasteiger partial charge in [0.2, 0.25) is 0 Å². The number of benzene rings is 1. The summed E-state index contributed by atoms with van der Waals surface area (Å²) in [5.74, 6) is -3.70. The molecule has 1 aromatic rings. The van der Waals surface area contributed by atoms with Crippen molar-refractivity contribution in [3.05, 3.63) is 23.8 Å². The Morgan fingerprint density at radius 2 is 1.48 bits per heavy atom. The fourth-order valence-electron chi connectivity index (χ4n) is 1.74. The SMILES string of the molecule is COc1ccc(C(Cl)C(C(F)(F)F)C(F)(F)F)c(OC)c1. The maximum atomic E-state index is 12.7. The van der Waals surface area contributed by atoms with Crippen LogP contribution in [0.5, 0.6) is 11.5 Å². The summed E-state index contributed by atoms with van der Waals surface area (Å²) in [7, 11) is 2.40. The van der Waals surface area contributed by atoms with Crippen molar-refractivity contribution in [2.24, 2.45) is 5.92 Å². The molecule has 0 fully saturated rings. The quantitative estimate of drug-likeness (QED) is 0.585. The third kappa shape index (κ3) is 4.09. The van der Waals surface area contributed by atoms with E-state index in [1.807, 2.05) is 0 Å². The largest absolute Gasteiger partial charge is 0.497 e. The first-order chi connectivity index (χ1) is 9.52. The molecule has 2 nitrogen and oxygen atoms in total. The number of hydrogen-bond acceptors (Lipinski definition) is 2. The second kappa shape index (κ2) is 6.21. The smallest absolute Gasteiger partial charge is 0.402 e. The summed E-state index contributed by atoms with van der Waals surface area (Å²) in [4.78, 5) is 0. The zero-order chi connectivity index (χ0) is 16.4. The predicted octanol–water partition coefficient (Wildman–Crippen LogP) is 4.72. The van der Waals surface area contributed by atoms with Crippen molar-refractivity contribution in [2.45, 2.75) is 17.7 Å². The summed E-state index contributed by atoms with van der Waals surface area (Å²) in [5, 5.41) is -2.37. The van der Waals surface area contributed by atoms with E-state index in [1.165, 1.54) is 13.2 Å². The summed E-state index contributed by atoms with van der Waals surface area (Å²) >= 11 is 5.46. The van der Waals surface area contributed by atoms with Crippen LogP contribution in [0.3, 0.4) is 0 Å². The second-order valence-electron chi connectivity index (χ2n) is 4.07. The van der Waals surface area contributed by atoms with Crippen LogP contribution in [0.2, 0.25) is 0 Å². The lowest BCUT2D eigenvalue weighted by atomic mass is 9.96. The minimum absolute atomic E-state index is 0.215. The summed E-state index contributed by atoms with van der Waals surface area (Å²) in [6.45, 7) is 0. The van der Waals surface area contributed by atoms with E-state index in [-0.39, 0.29) is 11.5 Å². The summed E-state index contributed by atoms with van der Waals surface area (Å²) in [6.07, 6.45) is -11.1. The van der Waals surface area contributed by atoms with E-state index < -0.39 is 29.2 Å². The van der Waals surface area contributed by atoms with E-state index in [0.29, 0.717) is 0 Å². The average Bonchev–Trinajstić information content (AvgIpc) is 2.34. The number of rotatable bonds is 4. The molecule has 0 aromatic heterocycles. The van der Waals surface area contributed by atoms with Crippen molar-refractivity contribution in [3.8, 4) is 11.5 Å². The van der Waals surface area contributed by atoms with Gasteiger partial charge in [-0.25, -0.2) is 0 Å². The minimum Gasteiger partial charge on any atom is -0.497 e. The third-order valence-corrected chi connectivity index (χ3v) is 3.22. The van der Waals surface area contributed by atoms with Gasteiger partial charge in [0.05, 0.1) is 19.6 Å². The van der Waals surface area contributed by atoms with Gasteiger partial charge in [0.15, 0.2) is 5.92 Å². The molecule has 120 valence electrons. The predicted molar refractivity (Wildman–Crippen MR) is 63.7 cm³/mol. The van der Waals surface area contributed by atoms with Gasteiger partial charge in [0, 0.05) is 11.6 Å². The number of alkyl halides is 7. The van der Waals surface area contributed by atoms with E-state index in [1.54, 1.807) is 0 Å². The van der Waals surface area contributed by atoms with Crippen molar-refractivity contribution in [1.29, 1.82) is 0 Å². The van der Waals surface area contributed by atoms with Crippen LogP contribution in [0.4, 0.5) is 26.3 Å². The van der Waals surface area contributed by atoms with E-state index in [2.05, 4.69) is 0 Å². The monoisotopic (exact) mass is 336 g/mol. The molecule has 0 saturated carbocycles. The molecule has 0 heterocycles. The highest BCUT2D eigenvalue weighted by atomic mass is 35.5. The van der Waals surface area contributed by atoms with Crippen LogP contribution in [0.15, 0.2) is 18.2 Å². The zero-order valence-corrected chi connectivity index (χ0v) is 11.6. The van der Waals surface area contributed by atoms with Gasteiger partial charge in [-0.05, 0) is 6.07 Å². The molecule has 0 radical (unpaired) electrons. The van der Waals surface area contributed by atoms with E-state index in [4.69, 9.17) is 21.1 Å². The summed E-state index contributed by atoms with van der Waals surface area (Å²) in [6, 6.07) is 3.38. The van der Waals surface area contributed by atoms with Gasteiger partial charge in [0.1, 0.15) is 11.5 Å². The van der Waals surface area contributed by atoms with Gasteiger partial charge in [-0.3, -0.25) is 0 Å². The lowest BCUT2D eigenvalue weighted by Gasteiger charge is -2.28. The van der Waals surface area contributed by atoms with Crippen LogP contribution in [0, 0.1) is 5.92 Å². The van der Waals surface area contributed by atoms with Crippen LogP contribution in [-0.4, -0.2) is 26.6 Å². The molecule has 1 atom stereocenters. The molecule has 0 aliphatic rings. The summed E-state index contributed by atoms with van der Waals surface area (Å²) < 4.78 is 85.6. The molecule has 1 aromatic carbocycles. The van der Waals surface area contributed by atoms with Crippen LogP contribution in [0.1, 0.15) is 10.9 Å². The second-order valence-corrected chi connectivity index (χ2v) is 4.54. The molecular formula is C12H11ClF6O2. The van der Waals surface area contributed by atoms with Gasteiger partial charge in [-0.1, -0.05) is 6.07 Å². The van der Waals surface area contributed by atoms with Gasteiger partial charge in [-0.2, -0.15) is 26.3 Å². The fourth-order valence-corrected chi connectivity index (χ4v) is 2.21. The molecular weight excluding hydrogens is 326 g/mol. The third-order valence-electron chi connectivity index (χ3n) is 2.74. The average molecular weight is 337 g/mol. The van der Waals surface area contributed by atoms with Crippen molar-refractivity contribution in [3.63, 3.8) is 0 Å². The normalized spacial score (nSPS) is 14.2. The number of halogens is 7. The standard InChI is InChI=1S/C12H11ClF6O2/c1-20-6-3-4-7(8(5-6)21-2)9(13)10(11(14,15)16)12(17,18)19/h3-5,9-10H,1-2H3. The van der Waals surface area contributed by atoms with Crippen molar-refractivity contribution < 1.29 is 35.8 Å². The molecule has 0 aliphatic heterocycles. The fraction of sp³-hybridized carbons (Fsp3) is 0.500. The molecule has 0 saturated heterocycles. The lowest BCUT2D eigenvalue weighted by Crippen LogP contribution is -2.39. The maximum absolute atomic E-state index is 12.7. The van der Waals surface area contributed by atoms with Crippen molar-refractivity contribution >= 4 is 11.6 Å². The van der Waals surface area contributed by atoms with Crippen molar-refractivity contribution in [1.82, 2.24) is 0 Å². The molecule has 1 unspecified atom stereocenters. The van der Waals surface area contributed by atoms with Gasteiger partial charge >= 0.3 is 12.4 Å². The number of ether oxygens (including phenoxy) is 2. The van der Waals surface area contributed by atoms with E-state index in [0.717, 1.165) is 19.2 Å². The topological polar surface area (TPSA) is 18.5 Å². The molecule has 1 rings (SSSR count). The first-order valence-electron chi connectivity index (χ1n) is 5.51. The maximum Gasteiger partial charge on any atom is 0.402 e. The molecule has 0 spiro atoms. The van der Waals surface area contributed by atoms with E-state index in [9.17, 15) is 26.3 Å². The Hall–Kier alpha value is -1.31. The molecule has 0 bridgehead atoms. The Morgan fingerprint density at radius 1 is 0.952 bits per heavy atom.